The van der Waals surface area contributed by atoms with Crippen LogP contribution in [0.3, 0.4) is 0 Å². The first-order valence-corrected chi connectivity index (χ1v) is 11.5. The summed E-state index contributed by atoms with van der Waals surface area (Å²) in [5, 5.41) is 19.2. The molecule has 1 unspecified atom stereocenters. The lowest BCUT2D eigenvalue weighted by Crippen LogP contribution is -2.44. The van der Waals surface area contributed by atoms with Gasteiger partial charge in [-0.15, -0.1) is 11.3 Å². The molecule has 1 aromatic carbocycles. The number of hydrogen-bond donors (Lipinski definition) is 3. The topological polar surface area (TPSA) is 59.9 Å². The van der Waals surface area contributed by atoms with Crippen LogP contribution in [-0.2, 0) is 18.7 Å². The summed E-state index contributed by atoms with van der Waals surface area (Å²) in [5.74, 6) is 0.724. The predicted molar refractivity (Wildman–Crippen MR) is 122 cm³/mol. The summed E-state index contributed by atoms with van der Waals surface area (Å²) < 4.78 is 0. The number of benzene rings is 1. The number of rotatable bonds is 8. The van der Waals surface area contributed by atoms with E-state index in [1.54, 1.807) is 11.3 Å². The van der Waals surface area contributed by atoms with Crippen LogP contribution in [0.1, 0.15) is 49.1 Å². The van der Waals surface area contributed by atoms with Crippen LogP contribution >= 0.6 is 11.3 Å². The Kier molecular flexibility index (Phi) is 8.09. The van der Waals surface area contributed by atoms with Gasteiger partial charge in [0.15, 0.2) is 5.96 Å². The third-order valence-electron chi connectivity index (χ3n) is 5.29. The monoisotopic (exact) mass is 414 g/mol. The maximum atomic E-state index is 10.7. The molecule has 1 aromatic heterocycles. The molecular formula is C23H34N4OS. The summed E-state index contributed by atoms with van der Waals surface area (Å²) in [6, 6.07) is 12.7. The summed E-state index contributed by atoms with van der Waals surface area (Å²) in [4.78, 5) is 8.18. The van der Waals surface area contributed by atoms with E-state index in [1.807, 2.05) is 31.4 Å². The van der Waals surface area contributed by atoms with E-state index in [1.165, 1.54) is 43.5 Å². The minimum Gasteiger partial charge on any atom is -0.383 e. The summed E-state index contributed by atoms with van der Waals surface area (Å²) in [7, 11) is 0. The minimum absolute atomic E-state index is 0.411. The molecule has 1 fully saturated rings. The van der Waals surface area contributed by atoms with E-state index in [2.05, 4.69) is 44.8 Å². The number of nitrogens with zero attached hydrogens (tertiary/aromatic N) is 2. The highest BCUT2D eigenvalue weighted by molar-refractivity contribution is 7.10. The SMILES string of the molecule is CCNC(=NCc1ccc(CN2CCCCC2)cc1)NCC(C)(O)c1cccs1. The number of guanidine groups is 1. The molecule has 0 radical (unpaired) electrons. The molecule has 2 aromatic rings. The smallest absolute Gasteiger partial charge is 0.191 e. The first-order valence-electron chi connectivity index (χ1n) is 10.7. The predicted octanol–water partition coefficient (Wildman–Crippen LogP) is 3.70. The molecule has 6 heteroatoms. The number of thiophene rings is 1. The molecule has 0 aliphatic carbocycles. The fourth-order valence-corrected chi connectivity index (χ4v) is 4.35. The van der Waals surface area contributed by atoms with E-state index < -0.39 is 5.60 Å². The maximum Gasteiger partial charge on any atom is 0.191 e. The summed E-state index contributed by atoms with van der Waals surface area (Å²) >= 11 is 1.56. The minimum atomic E-state index is -0.916. The van der Waals surface area contributed by atoms with Crippen LogP contribution < -0.4 is 10.6 Å². The Labute approximate surface area is 178 Å². The zero-order valence-corrected chi connectivity index (χ0v) is 18.5. The molecule has 3 N–H and O–H groups in total. The summed E-state index contributed by atoms with van der Waals surface area (Å²) in [6.07, 6.45) is 4.02. The first-order chi connectivity index (χ1) is 14.1. The molecule has 3 rings (SSSR count). The van der Waals surface area contributed by atoms with Gasteiger partial charge < -0.3 is 15.7 Å². The van der Waals surface area contributed by atoms with Gasteiger partial charge in [0.1, 0.15) is 5.60 Å². The number of piperidine rings is 1. The van der Waals surface area contributed by atoms with E-state index in [4.69, 9.17) is 0 Å². The zero-order chi connectivity index (χ0) is 20.5. The van der Waals surface area contributed by atoms with Gasteiger partial charge in [-0.1, -0.05) is 36.8 Å². The molecule has 0 amide bonds. The lowest BCUT2D eigenvalue weighted by Gasteiger charge is -2.26. The summed E-state index contributed by atoms with van der Waals surface area (Å²) in [6.45, 7) is 9.17. The third kappa shape index (κ3) is 6.84. The molecule has 1 saturated heterocycles. The molecule has 0 spiro atoms. The van der Waals surface area contributed by atoms with Crippen molar-refractivity contribution in [3.63, 3.8) is 0 Å². The van der Waals surface area contributed by atoms with Crippen LogP contribution in [0.2, 0.25) is 0 Å². The van der Waals surface area contributed by atoms with Gasteiger partial charge in [0.2, 0.25) is 0 Å². The average Bonchev–Trinajstić information content (AvgIpc) is 3.28. The number of aliphatic imine (C=N–C) groups is 1. The van der Waals surface area contributed by atoms with Gasteiger partial charge >= 0.3 is 0 Å². The van der Waals surface area contributed by atoms with Crippen LogP contribution in [0.5, 0.6) is 0 Å². The second-order valence-corrected chi connectivity index (χ2v) is 8.90. The number of aliphatic hydroxyl groups is 1. The molecule has 1 atom stereocenters. The number of likely N-dealkylation sites (tertiary alicyclic amines) is 1. The number of nitrogens with one attached hydrogen (secondary N) is 2. The molecule has 0 saturated carbocycles. The van der Waals surface area contributed by atoms with Crippen molar-refractivity contribution < 1.29 is 5.11 Å². The second kappa shape index (κ2) is 10.8. The fourth-order valence-electron chi connectivity index (χ4n) is 3.57. The van der Waals surface area contributed by atoms with Crippen LogP contribution in [0, 0.1) is 0 Å². The largest absolute Gasteiger partial charge is 0.383 e. The zero-order valence-electron chi connectivity index (χ0n) is 17.7. The van der Waals surface area contributed by atoms with Gasteiger partial charge in [-0.3, -0.25) is 4.90 Å². The highest BCUT2D eigenvalue weighted by Crippen LogP contribution is 2.24. The van der Waals surface area contributed by atoms with Crippen molar-refractivity contribution in [2.24, 2.45) is 4.99 Å². The van der Waals surface area contributed by atoms with E-state index in [0.717, 1.165) is 23.9 Å². The standard InChI is InChI=1S/C23H34N4OS/c1-3-24-22(26-18-23(2,28)21-8-7-15-29-21)25-16-19-9-11-20(12-10-19)17-27-13-5-4-6-14-27/h7-12,15,28H,3-6,13-14,16-18H2,1-2H3,(H2,24,25,26). The Bertz CT molecular complexity index is 750. The fraction of sp³-hybridized carbons (Fsp3) is 0.522. The normalized spacial score (nSPS) is 17.7. The van der Waals surface area contributed by atoms with E-state index >= 15 is 0 Å². The van der Waals surface area contributed by atoms with Gasteiger partial charge in [-0.25, -0.2) is 4.99 Å². The van der Waals surface area contributed by atoms with Gasteiger partial charge in [0.05, 0.1) is 13.1 Å². The Balaban J connectivity index is 1.53. The Morgan fingerprint density at radius 1 is 1.10 bits per heavy atom. The van der Waals surface area contributed by atoms with Gasteiger partial charge in [-0.05, 0) is 62.4 Å². The maximum absolute atomic E-state index is 10.7. The van der Waals surface area contributed by atoms with Crippen molar-refractivity contribution in [2.75, 3.05) is 26.2 Å². The lowest BCUT2D eigenvalue weighted by atomic mass is 10.1. The molecule has 1 aliphatic heterocycles. The van der Waals surface area contributed by atoms with Crippen LogP contribution in [-0.4, -0.2) is 42.1 Å². The van der Waals surface area contributed by atoms with Crippen molar-refractivity contribution in [1.82, 2.24) is 15.5 Å². The van der Waals surface area contributed by atoms with E-state index in [-0.39, 0.29) is 0 Å². The first kappa shape index (κ1) is 21.8. The van der Waals surface area contributed by atoms with Crippen molar-refractivity contribution in [3.8, 4) is 0 Å². The molecule has 158 valence electrons. The van der Waals surface area contributed by atoms with Gasteiger partial charge in [0, 0.05) is 18.0 Å². The van der Waals surface area contributed by atoms with Crippen molar-refractivity contribution in [2.45, 2.75) is 51.8 Å². The van der Waals surface area contributed by atoms with Crippen molar-refractivity contribution >= 4 is 17.3 Å². The molecule has 5 nitrogen and oxygen atoms in total. The van der Waals surface area contributed by atoms with Crippen molar-refractivity contribution in [1.29, 1.82) is 0 Å². The quantitative estimate of drug-likeness (QED) is 0.455. The van der Waals surface area contributed by atoms with Crippen LogP contribution in [0.25, 0.3) is 0 Å². The average molecular weight is 415 g/mol. The Hall–Kier alpha value is -1.89. The van der Waals surface area contributed by atoms with Gasteiger partial charge in [-0.2, -0.15) is 0 Å². The second-order valence-electron chi connectivity index (χ2n) is 7.95. The number of hydrogen-bond acceptors (Lipinski definition) is 4. The molecule has 29 heavy (non-hydrogen) atoms. The molecule has 0 bridgehead atoms. The van der Waals surface area contributed by atoms with Crippen LogP contribution in [0.15, 0.2) is 46.8 Å². The van der Waals surface area contributed by atoms with Crippen molar-refractivity contribution in [3.05, 3.63) is 57.8 Å². The molecule has 2 heterocycles. The van der Waals surface area contributed by atoms with Crippen LogP contribution in [0.4, 0.5) is 0 Å². The highest BCUT2D eigenvalue weighted by atomic mass is 32.1. The third-order valence-corrected chi connectivity index (χ3v) is 6.42. The van der Waals surface area contributed by atoms with Gasteiger partial charge in [0.25, 0.3) is 0 Å². The molecule has 1 aliphatic rings. The van der Waals surface area contributed by atoms with E-state index in [9.17, 15) is 5.11 Å². The van der Waals surface area contributed by atoms with E-state index in [0.29, 0.717) is 13.1 Å². The summed E-state index contributed by atoms with van der Waals surface area (Å²) in [5.41, 5.74) is 1.65. The molecular weight excluding hydrogens is 380 g/mol. The highest BCUT2D eigenvalue weighted by Gasteiger charge is 2.24. The lowest BCUT2D eigenvalue weighted by molar-refractivity contribution is 0.0655. The Morgan fingerprint density at radius 2 is 1.83 bits per heavy atom. The Morgan fingerprint density at radius 3 is 2.48 bits per heavy atom.